The molecule has 8 nitrogen and oxygen atoms in total. The Morgan fingerprint density at radius 1 is 1.03 bits per heavy atom. The fraction of sp³-hybridized carbons (Fsp3) is 0.333. The summed E-state index contributed by atoms with van der Waals surface area (Å²) in [5, 5.41) is 2.49. The predicted octanol–water partition coefficient (Wildman–Crippen LogP) is 2.57. The molecule has 9 heteroatoms. The van der Waals surface area contributed by atoms with Gasteiger partial charge in [-0.2, -0.15) is 0 Å². The number of benzene rings is 2. The smallest absolute Gasteiger partial charge is 0.325 e. The van der Waals surface area contributed by atoms with Crippen molar-refractivity contribution in [3.05, 3.63) is 54.1 Å². The highest BCUT2D eigenvalue weighted by atomic mass is 32.2. The van der Waals surface area contributed by atoms with Gasteiger partial charge in [0.05, 0.1) is 18.1 Å². The molecule has 1 amide bonds. The fourth-order valence-corrected chi connectivity index (χ4v) is 3.64. The van der Waals surface area contributed by atoms with Crippen LogP contribution in [0.2, 0.25) is 0 Å². The zero-order chi connectivity index (χ0) is 21.6. The maximum Gasteiger partial charge on any atom is 0.325 e. The lowest BCUT2D eigenvalue weighted by molar-refractivity contribution is -0.142. The van der Waals surface area contributed by atoms with Crippen molar-refractivity contribution < 1.29 is 27.5 Å². The maximum atomic E-state index is 12.5. The van der Waals surface area contributed by atoms with Crippen molar-refractivity contribution >= 4 is 27.6 Å². The summed E-state index contributed by atoms with van der Waals surface area (Å²) in [6, 6.07) is 12.0. The standard InChI is InChI=1S/C21H24N2O6S/c1-2-28-18-9-11-19(12-10-18)30(26,27)23-17-7-5-16(6-8-17)21(25)22-13-20(24)29-14-15-3-4-15/h5-12,15,23H,2-4,13-14H2,1H3,(H,22,25). The minimum absolute atomic E-state index is 0.0949. The molecule has 2 aromatic carbocycles. The number of carbonyl (C=O) groups is 2. The van der Waals surface area contributed by atoms with Gasteiger partial charge in [-0.25, -0.2) is 8.42 Å². The molecule has 0 saturated heterocycles. The van der Waals surface area contributed by atoms with E-state index < -0.39 is 21.9 Å². The second-order valence-electron chi connectivity index (χ2n) is 6.90. The van der Waals surface area contributed by atoms with Crippen molar-refractivity contribution in [2.45, 2.75) is 24.7 Å². The zero-order valence-electron chi connectivity index (χ0n) is 16.6. The quantitative estimate of drug-likeness (QED) is 0.558. The second kappa shape index (κ2) is 9.62. The van der Waals surface area contributed by atoms with Crippen molar-refractivity contribution in [2.24, 2.45) is 5.92 Å². The molecule has 30 heavy (non-hydrogen) atoms. The van der Waals surface area contributed by atoms with E-state index in [0.29, 0.717) is 36.1 Å². The average Bonchev–Trinajstić information content (AvgIpc) is 3.56. The molecule has 0 aliphatic heterocycles. The van der Waals surface area contributed by atoms with Crippen LogP contribution in [0, 0.1) is 5.92 Å². The minimum atomic E-state index is -3.78. The average molecular weight is 432 g/mol. The number of rotatable bonds is 10. The van der Waals surface area contributed by atoms with E-state index >= 15 is 0 Å². The third kappa shape index (κ3) is 6.21. The normalized spacial score (nSPS) is 13.4. The van der Waals surface area contributed by atoms with Gasteiger partial charge in [0, 0.05) is 11.3 Å². The number of nitrogens with one attached hydrogen (secondary N) is 2. The largest absolute Gasteiger partial charge is 0.494 e. The molecular weight excluding hydrogens is 408 g/mol. The van der Waals surface area contributed by atoms with E-state index in [-0.39, 0.29) is 11.4 Å². The molecule has 1 saturated carbocycles. The number of hydrogen-bond donors (Lipinski definition) is 2. The fourth-order valence-electron chi connectivity index (χ4n) is 2.59. The molecule has 2 aromatic rings. The molecule has 0 spiro atoms. The van der Waals surface area contributed by atoms with E-state index in [1.54, 1.807) is 12.1 Å². The first-order valence-corrected chi connectivity index (χ1v) is 11.2. The summed E-state index contributed by atoms with van der Waals surface area (Å²) >= 11 is 0. The van der Waals surface area contributed by atoms with Crippen LogP contribution >= 0.6 is 0 Å². The van der Waals surface area contributed by atoms with E-state index in [9.17, 15) is 18.0 Å². The number of anilines is 1. The molecular formula is C21H24N2O6S. The summed E-state index contributed by atoms with van der Waals surface area (Å²) in [6.45, 7) is 2.53. The Morgan fingerprint density at radius 3 is 2.30 bits per heavy atom. The highest BCUT2D eigenvalue weighted by Gasteiger charge is 2.23. The van der Waals surface area contributed by atoms with E-state index in [2.05, 4.69) is 10.0 Å². The molecule has 0 unspecified atom stereocenters. The molecule has 0 aromatic heterocycles. The van der Waals surface area contributed by atoms with Crippen LogP contribution in [-0.2, 0) is 19.6 Å². The first-order valence-electron chi connectivity index (χ1n) is 9.67. The zero-order valence-corrected chi connectivity index (χ0v) is 17.4. The maximum absolute atomic E-state index is 12.5. The predicted molar refractivity (Wildman–Crippen MR) is 111 cm³/mol. The van der Waals surface area contributed by atoms with Gasteiger partial charge in [-0.15, -0.1) is 0 Å². The van der Waals surface area contributed by atoms with Crippen LogP contribution in [0.5, 0.6) is 5.75 Å². The Morgan fingerprint density at radius 2 is 1.70 bits per heavy atom. The SMILES string of the molecule is CCOc1ccc(S(=O)(=O)Nc2ccc(C(=O)NCC(=O)OCC3CC3)cc2)cc1. The first-order chi connectivity index (χ1) is 14.4. The molecule has 0 heterocycles. The Kier molecular flexibility index (Phi) is 6.94. The molecule has 160 valence electrons. The van der Waals surface area contributed by atoms with Gasteiger partial charge in [0.25, 0.3) is 15.9 Å². The highest BCUT2D eigenvalue weighted by molar-refractivity contribution is 7.92. The van der Waals surface area contributed by atoms with Gasteiger partial charge < -0.3 is 14.8 Å². The van der Waals surface area contributed by atoms with Gasteiger partial charge in [-0.3, -0.25) is 14.3 Å². The summed E-state index contributed by atoms with van der Waals surface area (Å²) in [5.41, 5.74) is 0.610. The van der Waals surface area contributed by atoms with E-state index in [0.717, 1.165) is 12.8 Å². The van der Waals surface area contributed by atoms with Crippen LogP contribution in [-0.4, -0.2) is 40.1 Å². The Labute approximate surface area is 175 Å². The molecule has 3 rings (SSSR count). The van der Waals surface area contributed by atoms with Gasteiger partial charge in [0.15, 0.2) is 0 Å². The summed E-state index contributed by atoms with van der Waals surface area (Å²) in [6.07, 6.45) is 2.16. The minimum Gasteiger partial charge on any atom is -0.494 e. The number of amides is 1. The highest BCUT2D eigenvalue weighted by Crippen LogP contribution is 2.28. The molecule has 1 fully saturated rings. The van der Waals surface area contributed by atoms with Crippen molar-refractivity contribution in [1.82, 2.24) is 5.32 Å². The number of hydrogen-bond acceptors (Lipinski definition) is 6. The number of sulfonamides is 1. The molecule has 0 radical (unpaired) electrons. The molecule has 1 aliphatic rings. The number of ether oxygens (including phenoxy) is 2. The molecule has 0 atom stereocenters. The van der Waals surface area contributed by atoms with Gasteiger partial charge in [0.2, 0.25) is 0 Å². The van der Waals surface area contributed by atoms with Crippen LogP contribution < -0.4 is 14.8 Å². The second-order valence-corrected chi connectivity index (χ2v) is 8.58. The van der Waals surface area contributed by atoms with Gasteiger partial charge in [-0.1, -0.05) is 0 Å². The summed E-state index contributed by atoms with van der Waals surface area (Å²) < 4.78 is 37.8. The van der Waals surface area contributed by atoms with Crippen LogP contribution in [0.3, 0.4) is 0 Å². The van der Waals surface area contributed by atoms with Crippen molar-refractivity contribution in [3.63, 3.8) is 0 Å². The molecule has 1 aliphatic carbocycles. The summed E-state index contributed by atoms with van der Waals surface area (Å²) in [7, 11) is -3.78. The Balaban J connectivity index is 1.53. The van der Waals surface area contributed by atoms with Gasteiger partial charge in [0.1, 0.15) is 12.3 Å². The Bertz CT molecular complexity index is 983. The lowest BCUT2D eigenvalue weighted by atomic mass is 10.2. The van der Waals surface area contributed by atoms with Crippen LogP contribution in [0.1, 0.15) is 30.1 Å². The summed E-state index contributed by atoms with van der Waals surface area (Å²) in [4.78, 5) is 23.8. The van der Waals surface area contributed by atoms with E-state index in [4.69, 9.17) is 9.47 Å². The van der Waals surface area contributed by atoms with Crippen LogP contribution in [0.4, 0.5) is 5.69 Å². The van der Waals surface area contributed by atoms with Crippen molar-refractivity contribution in [1.29, 1.82) is 0 Å². The van der Waals surface area contributed by atoms with E-state index in [1.807, 2.05) is 6.92 Å². The van der Waals surface area contributed by atoms with Crippen LogP contribution in [0.25, 0.3) is 0 Å². The van der Waals surface area contributed by atoms with Crippen molar-refractivity contribution in [2.75, 3.05) is 24.5 Å². The van der Waals surface area contributed by atoms with Gasteiger partial charge >= 0.3 is 5.97 Å². The number of esters is 1. The van der Waals surface area contributed by atoms with E-state index in [1.165, 1.54) is 36.4 Å². The lowest BCUT2D eigenvalue weighted by Gasteiger charge is -2.10. The molecule has 2 N–H and O–H groups in total. The van der Waals surface area contributed by atoms with Gasteiger partial charge in [-0.05, 0) is 74.2 Å². The first kappa shape index (κ1) is 21.6. The van der Waals surface area contributed by atoms with Crippen molar-refractivity contribution in [3.8, 4) is 5.75 Å². The third-order valence-electron chi connectivity index (χ3n) is 4.41. The Hall–Kier alpha value is -3.07. The van der Waals surface area contributed by atoms with Crippen LogP contribution in [0.15, 0.2) is 53.4 Å². The topological polar surface area (TPSA) is 111 Å². The third-order valence-corrected chi connectivity index (χ3v) is 5.81. The summed E-state index contributed by atoms with van der Waals surface area (Å²) in [5.74, 6) is 0.126. The lowest BCUT2D eigenvalue weighted by Crippen LogP contribution is -2.30. The monoisotopic (exact) mass is 432 g/mol. The molecule has 0 bridgehead atoms. The number of carbonyl (C=O) groups excluding carboxylic acids is 2.